The van der Waals surface area contributed by atoms with E-state index in [4.69, 9.17) is 0 Å². The Hall–Kier alpha value is -0.0400. The maximum absolute atomic E-state index is 2.57. The van der Waals surface area contributed by atoms with Crippen LogP contribution in [0.15, 0.2) is 0 Å². The number of likely N-dealkylation sites (tertiary alicyclic amines) is 1. The predicted octanol–water partition coefficient (Wildman–Crippen LogP) is 4.08. The molecule has 1 rings (SSSR count). The van der Waals surface area contributed by atoms with Gasteiger partial charge in [-0.05, 0) is 38.9 Å². The molecule has 0 aromatic rings. The molecule has 1 heterocycles. The number of hydrogen-bond donors (Lipinski definition) is 0. The molecule has 0 atom stereocenters. The van der Waals surface area contributed by atoms with Crippen molar-refractivity contribution < 1.29 is 0 Å². The Kier molecular flexibility index (Phi) is 11.0. The maximum atomic E-state index is 2.57. The molecule has 0 amide bonds. The number of rotatable bonds is 5. The molecule has 0 unspecified atom stereocenters. The molecule has 0 aromatic heterocycles. The van der Waals surface area contributed by atoms with Gasteiger partial charge in [0.2, 0.25) is 0 Å². The van der Waals surface area contributed by atoms with Gasteiger partial charge in [0.15, 0.2) is 0 Å². The Morgan fingerprint density at radius 3 is 1.64 bits per heavy atom. The van der Waals surface area contributed by atoms with Gasteiger partial charge in [-0.25, -0.2) is 0 Å². The second-order valence-corrected chi connectivity index (χ2v) is 4.26. The first-order valence-corrected chi connectivity index (χ1v) is 6.57. The second kappa shape index (κ2) is 11.0. The molecular formula is C13H29N. The van der Waals surface area contributed by atoms with Gasteiger partial charge in [0, 0.05) is 0 Å². The van der Waals surface area contributed by atoms with E-state index in [2.05, 4.69) is 25.7 Å². The van der Waals surface area contributed by atoms with E-state index in [-0.39, 0.29) is 0 Å². The molecular weight excluding hydrogens is 170 g/mol. The van der Waals surface area contributed by atoms with Crippen molar-refractivity contribution >= 4 is 0 Å². The van der Waals surface area contributed by atoms with Crippen molar-refractivity contribution in [1.29, 1.82) is 0 Å². The molecule has 0 aliphatic carbocycles. The van der Waals surface area contributed by atoms with Gasteiger partial charge in [-0.15, -0.1) is 0 Å². The van der Waals surface area contributed by atoms with E-state index in [1.54, 1.807) is 0 Å². The SMILES string of the molecule is CCCCC.CCCCN1CCCC1. The topological polar surface area (TPSA) is 3.24 Å². The molecule has 86 valence electrons. The van der Waals surface area contributed by atoms with Gasteiger partial charge in [-0.3, -0.25) is 0 Å². The lowest BCUT2D eigenvalue weighted by molar-refractivity contribution is 0.332. The average molecular weight is 199 g/mol. The van der Waals surface area contributed by atoms with Crippen LogP contribution in [-0.2, 0) is 0 Å². The van der Waals surface area contributed by atoms with E-state index in [9.17, 15) is 0 Å². The van der Waals surface area contributed by atoms with Crippen LogP contribution in [0.2, 0.25) is 0 Å². The third-order valence-corrected chi connectivity index (χ3v) is 2.73. The molecule has 1 heteroatoms. The molecule has 1 aliphatic rings. The summed E-state index contributed by atoms with van der Waals surface area (Å²) in [5, 5.41) is 0. The van der Waals surface area contributed by atoms with Crippen LogP contribution in [0.1, 0.15) is 65.7 Å². The van der Waals surface area contributed by atoms with Crippen molar-refractivity contribution in [2.75, 3.05) is 19.6 Å². The highest BCUT2D eigenvalue weighted by Crippen LogP contribution is 2.07. The van der Waals surface area contributed by atoms with Crippen molar-refractivity contribution in [3.05, 3.63) is 0 Å². The van der Waals surface area contributed by atoms with Crippen LogP contribution in [0, 0.1) is 0 Å². The Bertz CT molecular complexity index is 93.4. The maximum Gasteiger partial charge on any atom is -0.00183 e. The highest BCUT2D eigenvalue weighted by molar-refractivity contribution is 4.64. The molecule has 1 aliphatic heterocycles. The summed E-state index contributed by atoms with van der Waals surface area (Å²) in [6.45, 7) is 10.7. The molecule has 0 spiro atoms. The normalized spacial score (nSPS) is 16.5. The van der Waals surface area contributed by atoms with Crippen LogP contribution < -0.4 is 0 Å². The summed E-state index contributed by atoms with van der Waals surface area (Å²) in [6.07, 6.45) is 9.68. The van der Waals surface area contributed by atoms with Gasteiger partial charge >= 0.3 is 0 Å². The Morgan fingerprint density at radius 1 is 0.786 bits per heavy atom. The van der Waals surface area contributed by atoms with Gasteiger partial charge in [-0.1, -0.05) is 46.5 Å². The lowest BCUT2D eigenvalue weighted by Gasteiger charge is -2.12. The molecule has 1 fully saturated rings. The van der Waals surface area contributed by atoms with Crippen LogP contribution in [0.4, 0.5) is 0 Å². The minimum Gasteiger partial charge on any atom is -0.303 e. The largest absolute Gasteiger partial charge is 0.303 e. The fourth-order valence-electron chi connectivity index (χ4n) is 1.74. The van der Waals surface area contributed by atoms with Crippen molar-refractivity contribution in [1.82, 2.24) is 4.90 Å². The monoisotopic (exact) mass is 199 g/mol. The molecule has 14 heavy (non-hydrogen) atoms. The number of nitrogens with zero attached hydrogens (tertiary/aromatic N) is 1. The van der Waals surface area contributed by atoms with Gasteiger partial charge in [0.1, 0.15) is 0 Å². The zero-order valence-electron chi connectivity index (χ0n) is 10.5. The third kappa shape index (κ3) is 8.55. The van der Waals surface area contributed by atoms with E-state index >= 15 is 0 Å². The zero-order chi connectivity index (χ0) is 10.6. The first-order chi connectivity index (χ1) is 6.85. The van der Waals surface area contributed by atoms with E-state index in [1.165, 1.54) is 64.6 Å². The second-order valence-electron chi connectivity index (χ2n) is 4.26. The molecule has 0 aromatic carbocycles. The first kappa shape index (κ1) is 14.0. The quantitative estimate of drug-likeness (QED) is 0.645. The Labute approximate surface area is 90.9 Å². The molecule has 0 bridgehead atoms. The van der Waals surface area contributed by atoms with Gasteiger partial charge in [0.25, 0.3) is 0 Å². The van der Waals surface area contributed by atoms with E-state index in [1.807, 2.05) is 0 Å². The summed E-state index contributed by atoms with van der Waals surface area (Å²) in [4.78, 5) is 2.57. The van der Waals surface area contributed by atoms with Crippen LogP contribution in [0.5, 0.6) is 0 Å². The molecule has 1 saturated heterocycles. The fourth-order valence-corrected chi connectivity index (χ4v) is 1.74. The standard InChI is InChI=1S/C8H17N.C5H12/c1-2-3-6-9-7-4-5-8-9;1-3-5-4-2/h2-8H2,1H3;3-5H2,1-2H3. The summed E-state index contributed by atoms with van der Waals surface area (Å²) in [5.74, 6) is 0. The van der Waals surface area contributed by atoms with Crippen LogP contribution in [0.25, 0.3) is 0 Å². The summed E-state index contributed by atoms with van der Waals surface area (Å²) >= 11 is 0. The highest BCUT2D eigenvalue weighted by Gasteiger charge is 2.08. The van der Waals surface area contributed by atoms with Crippen molar-refractivity contribution in [3.8, 4) is 0 Å². The van der Waals surface area contributed by atoms with Crippen molar-refractivity contribution in [3.63, 3.8) is 0 Å². The van der Waals surface area contributed by atoms with E-state index in [0.717, 1.165) is 0 Å². The Morgan fingerprint density at radius 2 is 1.29 bits per heavy atom. The third-order valence-electron chi connectivity index (χ3n) is 2.73. The number of unbranched alkanes of at least 4 members (excludes halogenated alkanes) is 3. The minimum atomic E-state index is 1.34. The zero-order valence-corrected chi connectivity index (χ0v) is 10.5. The van der Waals surface area contributed by atoms with Crippen molar-refractivity contribution in [2.45, 2.75) is 65.7 Å². The van der Waals surface area contributed by atoms with Gasteiger partial charge in [-0.2, -0.15) is 0 Å². The average Bonchev–Trinajstić information content (AvgIpc) is 2.69. The van der Waals surface area contributed by atoms with Gasteiger partial charge in [0.05, 0.1) is 0 Å². The lowest BCUT2D eigenvalue weighted by Crippen LogP contribution is -2.19. The molecule has 0 saturated carbocycles. The van der Waals surface area contributed by atoms with Crippen LogP contribution in [0.3, 0.4) is 0 Å². The first-order valence-electron chi connectivity index (χ1n) is 6.57. The molecule has 0 N–H and O–H groups in total. The predicted molar refractivity (Wildman–Crippen MR) is 65.8 cm³/mol. The minimum absolute atomic E-state index is 1.34. The van der Waals surface area contributed by atoms with Crippen molar-refractivity contribution in [2.24, 2.45) is 0 Å². The van der Waals surface area contributed by atoms with Gasteiger partial charge < -0.3 is 4.90 Å². The summed E-state index contributed by atoms with van der Waals surface area (Å²) in [7, 11) is 0. The van der Waals surface area contributed by atoms with Crippen LogP contribution >= 0.6 is 0 Å². The summed E-state index contributed by atoms with van der Waals surface area (Å²) in [5.41, 5.74) is 0. The Balaban J connectivity index is 0.000000292. The highest BCUT2D eigenvalue weighted by atomic mass is 15.1. The van der Waals surface area contributed by atoms with E-state index < -0.39 is 0 Å². The summed E-state index contributed by atoms with van der Waals surface area (Å²) in [6, 6.07) is 0. The smallest absolute Gasteiger partial charge is 0.00183 e. The molecule has 1 nitrogen and oxygen atoms in total. The molecule has 0 radical (unpaired) electrons. The summed E-state index contributed by atoms with van der Waals surface area (Å²) < 4.78 is 0. The lowest BCUT2D eigenvalue weighted by atomic mass is 10.3. The fraction of sp³-hybridized carbons (Fsp3) is 1.00. The van der Waals surface area contributed by atoms with Crippen LogP contribution in [-0.4, -0.2) is 24.5 Å². The number of hydrogen-bond acceptors (Lipinski definition) is 1. The van der Waals surface area contributed by atoms with E-state index in [0.29, 0.717) is 0 Å².